The summed E-state index contributed by atoms with van der Waals surface area (Å²) in [7, 11) is 0. The summed E-state index contributed by atoms with van der Waals surface area (Å²) in [6.45, 7) is 6.09. The van der Waals surface area contributed by atoms with Crippen LogP contribution in [-0.2, 0) is 0 Å². The van der Waals surface area contributed by atoms with Gasteiger partial charge in [0.25, 0.3) is 5.91 Å². The number of carbonyl (C=O) groups is 1. The Morgan fingerprint density at radius 3 is 2.50 bits per heavy atom. The molecule has 9 nitrogen and oxygen atoms in total. The Hall–Kier alpha value is -3.88. The molecule has 1 aromatic carbocycles. The van der Waals surface area contributed by atoms with Gasteiger partial charge in [0.05, 0.1) is 16.8 Å². The van der Waals surface area contributed by atoms with Crippen molar-refractivity contribution in [1.29, 1.82) is 5.41 Å². The van der Waals surface area contributed by atoms with Gasteiger partial charge in [0.2, 0.25) is 0 Å². The van der Waals surface area contributed by atoms with Gasteiger partial charge < -0.3 is 16.4 Å². The smallest absolute Gasteiger partial charge is 0.270 e. The van der Waals surface area contributed by atoms with E-state index in [1.54, 1.807) is 6.07 Å². The summed E-state index contributed by atoms with van der Waals surface area (Å²) >= 11 is 0. The van der Waals surface area contributed by atoms with Gasteiger partial charge in [0.15, 0.2) is 0 Å². The van der Waals surface area contributed by atoms with E-state index in [2.05, 4.69) is 30.6 Å². The molecule has 0 atom stereocenters. The second kappa shape index (κ2) is 8.64. The van der Waals surface area contributed by atoms with Crippen LogP contribution < -0.4 is 16.4 Å². The molecule has 0 radical (unpaired) electrons. The minimum absolute atomic E-state index is 0.207. The summed E-state index contributed by atoms with van der Waals surface area (Å²) in [5.41, 5.74) is 8.23. The van der Waals surface area contributed by atoms with Crippen molar-refractivity contribution in [1.82, 2.24) is 25.3 Å². The van der Waals surface area contributed by atoms with Gasteiger partial charge in [-0.2, -0.15) is 0 Å². The fourth-order valence-electron chi connectivity index (χ4n) is 2.79. The van der Waals surface area contributed by atoms with Gasteiger partial charge >= 0.3 is 0 Å². The van der Waals surface area contributed by atoms with E-state index < -0.39 is 5.54 Å². The van der Waals surface area contributed by atoms with Gasteiger partial charge in [-0.25, -0.2) is 19.9 Å². The van der Waals surface area contributed by atoms with E-state index in [1.165, 1.54) is 18.9 Å². The molecule has 3 rings (SSSR count). The number of nitrogens with zero attached hydrogens (tertiary/aromatic N) is 4. The van der Waals surface area contributed by atoms with Gasteiger partial charge in [-0.1, -0.05) is 29.8 Å². The average molecular weight is 404 g/mol. The van der Waals surface area contributed by atoms with E-state index in [-0.39, 0.29) is 29.7 Å². The van der Waals surface area contributed by atoms with Gasteiger partial charge in [-0.05, 0) is 26.8 Å². The summed E-state index contributed by atoms with van der Waals surface area (Å²) in [4.78, 5) is 28.4. The average Bonchev–Trinajstić information content (AvgIpc) is 2.73. The molecule has 0 bridgehead atoms. The highest BCUT2D eigenvalue weighted by Gasteiger charge is 2.24. The maximum absolute atomic E-state index is 12.3. The van der Waals surface area contributed by atoms with Gasteiger partial charge in [-0.15, -0.1) is 0 Å². The molecule has 2 aromatic heterocycles. The van der Waals surface area contributed by atoms with Crippen LogP contribution in [-0.4, -0.2) is 43.6 Å². The zero-order valence-electron chi connectivity index (χ0n) is 17.1. The number of amides is 1. The molecule has 0 aliphatic heterocycles. The highest BCUT2D eigenvalue weighted by molar-refractivity contribution is 6.16. The minimum Gasteiger partial charge on any atom is -0.383 e. The van der Waals surface area contributed by atoms with E-state index >= 15 is 0 Å². The third-order valence-electron chi connectivity index (χ3n) is 4.43. The van der Waals surface area contributed by atoms with Crippen LogP contribution in [0.25, 0.3) is 0 Å². The standard InChI is InChI=1S/C21H24N8O/c1-13-4-6-14(7-5-13)17(22)16-18(23)27-12-28-19(16)29-21(2,3)10-25-20(30)15-8-9-24-11-26-15/h4-9,11-12,22H,10H2,1-3H3,(H,25,30)(H3,23,27,28,29). The monoisotopic (exact) mass is 404 g/mol. The molecule has 9 heteroatoms. The molecule has 0 saturated carbocycles. The Morgan fingerprint density at radius 2 is 1.83 bits per heavy atom. The Kier molecular flexibility index (Phi) is 6.01. The zero-order valence-corrected chi connectivity index (χ0v) is 17.1. The van der Waals surface area contributed by atoms with Crippen molar-refractivity contribution in [3.8, 4) is 0 Å². The summed E-state index contributed by atoms with van der Waals surface area (Å²) in [5.74, 6) is 0.329. The molecule has 3 aromatic rings. The van der Waals surface area contributed by atoms with E-state index in [9.17, 15) is 4.79 Å². The summed E-state index contributed by atoms with van der Waals surface area (Å²) in [6.07, 6.45) is 4.18. The molecular weight excluding hydrogens is 380 g/mol. The van der Waals surface area contributed by atoms with Gasteiger partial charge in [0.1, 0.15) is 30.0 Å². The summed E-state index contributed by atoms with van der Waals surface area (Å²) in [5, 5.41) is 14.7. The number of anilines is 2. The van der Waals surface area contributed by atoms with E-state index in [1.807, 2.05) is 45.0 Å². The maximum atomic E-state index is 12.3. The normalized spacial score (nSPS) is 11.0. The van der Waals surface area contributed by atoms with Crippen LogP contribution in [0.4, 0.5) is 11.6 Å². The predicted molar refractivity (Wildman–Crippen MR) is 116 cm³/mol. The van der Waals surface area contributed by atoms with Crippen LogP contribution in [0.1, 0.15) is 41.0 Å². The third kappa shape index (κ3) is 4.93. The first-order valence-electron chi connectivity index (χ1n) is 9.36. The van der Waals surface area contributed by atoms with E-state index in [0.717, 1.165) is 5.56 Å². The number of hydrogen-bond acceptors (Lipinski definition) is 8. The summed E-state index contributed by atoms with van der Waals surface area (Å²) < 4.78 is 0. The number of carbonyl (C=O) groups excluding carboxylic acids is 1. The van der Waals surface area contributed by atoms with Crippen molar-refractivity contribution in [3.63, 3.8) is 0 Å². The first-order valence-corrected chi connectivity index (χ1v) is 9.36. The van der Waals surface area contributed by atoms with Crippen molar-refractivity contribution in [2.75, 3.05) is 17.6 Å². The molecule has 30 heavy (non-hydrogen) atoms. The second-order valence-corrected chi connectivity index (χ2v) is 7.51. The number of nitrogen functional groups attached to an aromatic ring is 1. The Balaban J connectivity index is 1.78. The lowest BCUT2D eigenvalue weighted by atomic mass is 10.00. The summed E-state index contributed by atoms with van der Waals surface area (Å²) in [6, 6.07) is 9.14. The molecule has 5 N–H and O–H groups in total. The Morgan fingerprint density at radius 1 is 1.10 bits per heavy atom. The number of nitrogens with two attached hydrogens (primary N) is 1. The van der Waals surface area contributed by atoms with Crippen molar-refractivity contribution in [3.05, 3.63) is 71.6 Å². The van der Waals surface area contributed by atoms with E-state index in [0.29, 0.717) is 16.9 Å². The first kappa shape index (κ1) is 20.8. The predicted octanol–water partition coefficient (Wildman–Crippen LogP) is 2.19. The zero-order chi connectivity index (χ0) is 21.7. The van der Waals surface area contributed by atoms with Crippen molar-refractivity contribution in [2.45, 2.75) is 26.3 Å². The van der Waals surface area contributed by atoms with E-state index in [4.69, 9.17) is 11.1 Å². The Labute approximate surface area is 174 Å². The maximum Gasteiger partial charge on any atom is 0.270 e. The molecule has 0 saturated heterocycles. The van der Waals surface area contributed by atoms with Crippen LogP contribution in [0.3, 0.4) is 0 Å². The number of benzene rings is 1. The molecule has 154 valence electrons. The first-order chi connectivity index (χ1) is 14.3. The lowest BCUT2D eigenvalue weighted by Crippen LogP contribution is -2.44. The number of nitrogens with one attached hydrogen (secondary N) is 3. The van der Waals surface area contributed by atoms with Crippen molar-refractivity contribution < 1.29 is 4.79 Å². The fourth-order valence-corrected chi connectivity index (χ4v) is 2.79. The molecule has 0 fully saturated rings. The number of hydrogen-bond donors (Lipinski definition) is 4. The minimum atomic E-state index is -0.591. The van der Waals surface area contributed by atoms with Crippen LogP contribution in [0.15, 0.2) is 49.2 Å². The quantitative estimate of drug-likeness (QED) is 0.442. The molecule has 0 aliphatic rings. The molecule has 0 unspecified atom stereocenters. The molecule has 2 heterocycles. The topological polar surface area (TPSA) is 143 Å². The number of aromatic nitrogens is 4. The molecular formula is C21H24N8O. The van der Waals surface area contributed by atoms with Crippen molar-refractivity contribution in [2.24, 2.45) is 0 Å². The SMILES string of the molecule is Cc1ccc(C(=N)c2c(N)ncnc2NC(C)(C)CNC(=O)c2ccncn2)cc1. The second-order valence-electron chi connectivity index (χ2n) is 7.51. The third-order valence-corrected chi connectivity index (χ3v) is 4.43. The molecule has 0 spiro atoms. The van der Waals surface area contributed by atoms with Gasteiger partial charge in [0, 0.05) is 18.3 Å². The number of rotatable bonds is 7. The highest BCUT2D eigenvalue weighted by atomic mass is 16.1. The highest BCUT2D eigenvalue weighted by Crippen LogP contribution is 2.24. The largest absolute Gasteiger partial charge is 0.383 e. The van der Waals surface area contributed by atoms with Crippen LogP contribution in [0, 0.1) is 12.3 Å². The lowest BCUT2D eigenvalue weighted by molar-refractivity contribution is 0.0942. The molecule has 1 amide bonds. The van der Waals surface area contributed by atoms with Gasteiger partial charge in [-0.3, -0.25) is 10.2 Å². The Bertz CT molecular complexity index is 1050. The molecule has 0 aliphatic carbocycles. The van der Waals surface area contributed by atoms with Crippen LogP contribution >= 0.6 is 0 Å². The van der Waals surface area contributed by atoms with Crippen LogP contribution in [0.2, 0.25) is 0 Å². The van der Waals surface area contributed by atoms with Crippen LogP contribution in [0.5, 0.6) is 0 Å². The number of aryl methyl sites for hydroxylation is 1. The lowest BCUT2D eigenvalue weighted by Gasteiger charge is -2.28. The van der Waals surface area contributed by atoms with Crippen molar-refractivity contribution >= 4 is 23.3 Å². The fraction of sp³-hybridized carbons (Fsp3) is 0.238.